The number of methoxy groups -OCH3 is 1. The van der Waals surface area contributed by atoms with Gasteiger partial charge in [-0.1, -0.05) is 0 Å². The molecule has 0 atom stereocenters. The van der Waals surface area contributed by atoms with Gasteiger partial charge in [-0.2, -0.15) is 0 Å². The summed E-state index contributed by atoms with van der Waals surface area (Å²) in [5.41, 5.74) is 7.70. The lowest BCUT2D eigenvalue weighted by Crippen LogP contribution is -2.26. The number of hydrogen-bond acceptors (Lipinski definition) is 5. The van der Waals surface area contributed by atoms with Crippen LogP contribution in [0.25, 0.3) is 11.0 Å². The van der Waals surface area contributed by atoms with E-state index in [-0.39, 0.29) is 17.5 Å². The van der Waals surface area contributed by atoms with Crippen LogP contribution in [0.2, 0.25) is 0 Å². The number of imidazole rings is 1. The molecule has 0 aliphatic carbocycles. The van der Waals surface area contributed by atoms with Crippen molar-refractivity contribution in [2.75, 3.05) is 24.3 Å². The quantitative estimate of drug-likeness (QED) is 0.904. The summed E-state index contributed by atoms with van der Waals surface area (Å²) in [6.45, 7) is 0. The molecule has 0 saturated carbocycles. The van der Waals surface area contributed by atoms with Gasteiger partial charge in [0.15, 0.2) is 0 Å². The summed E-state index contributed by atoms with van der Waals surface area (Å²) in [4.78, 5) is 4.34. The van der Waals surface area contributed by atoms with E-state index in [1.807, 2.05) is 22.8 Å². The number of fused-ring (bicyclic) bond motifs is 1. The molecular weight excluding hydrogens is 278 g/mol. The molecule has 2 heterocycles. The number of nitrogens with two attached hydrogens (primary N) is 1. The summed E-state index contributed by atoms with van der Waals surface area (Å²) in [6.07, 6.45) is 1.16. The summed E-state index contributed by atoms with van der Waals surface area (Å²) in [5.74, 6) is 1.58. The molecule has 0 radical (unpaired) electrons. The SMILES string of the molecule is COc1ccc2nc(N)n(C3CCS(=O)(=O)CC3)c2c1. The number of rotatable bonds is 2. The first kappa shape index (κ1) is 13.2. The Kier molecular flexibility index (Phi) is 3.08. The van der Waals surface area contributed by atoms with Crippen molar-refractivity contribution in [2.24, 2.45) is 0 Å². The molecule has 1 aromatic heterocycles. The van der Waals surface area contributed by atoms with Crippen molar-refractivity contribution in [1.82, 2.24) is 9.55 Å². The van der Waals surface area contributed by atoms with Crippen LogP contribution < -0.4 is 10.5 Å². The van der Waals surface area contributed by atoms with E-state index in [0.29, 0.717) is 18.8 Å². The summed E-state index contributed by atoms with van der Waals surface area (Å²) >= 11 is 0. The molecule has 6 nitrogen and oxygen atoms in total. The van der Waals surface area contributed by atoms with E-state index in [9.17, 15) is 8.42 Å². The third kappa shape index (κ3) is 2.22. The van der Waals surface area contributed by atoms with E-state index in [1.54, 1.807) is 7.11 Å². The normalized spacial score (nSPS) is 19.2. The third-order valence-electron chi connectivity index (χ3n) is 3.81. The van der Waals surface area contributed by atoms with Crippen LogP contribution in [0.4, 0.5) is 5.95 Å². The van der Waals surface area contributed by atoms with Crippen LogP contribution >= 0.6 is 0 Å². The monoisotopic (exact) mass is 295 g/mol. The minimum atomic E-state index is -2.88. The Hall–Kier alpha value is -1.76. The lowest BCUT2D eigenvalue weighted by Gasteiger charge is -2.24. The molecule has 0 bridgehead atoms. The fourth-order valence-corrected chi connectivity index (χ4v) is 4.20. The third-order valence-corrected chi connectivity index (χ3v) is 5.53. The number of aromatic nitrogens is 2. The summed E-state index contributed by atoms with van der Waals surface area (Å²) < 4.78 is 30.2. The van der Waals surface area contributed by atoms with Crippen LogP contribution in [0.3, 0.4) is 0 Å². The number of ether oxygens (including phenoxy) is 1. The van der Waals surface area contributed by atoms with Gasteiger partial charge in [-0.05, 0) is 25.0 Å². The Morgan fingerprint density at radius 3 is 2.70 bits per heavy atom. The highest BCUT2D eigenvalue weighted by atomic mass is 32.2. The molecule has 20 heavy (non-hydrogen) atoms. The van der Waals surface area contributed by atoms with Crippen molar-refractivity contribution in [2.45, 2.75) is 18.9 Å². The van der Waals surface area contributed by atoms with Gasteiger partial charge < -0.3 is 15.0 Å². The summed E-state index contributed by atoms with van der Waals surface area (Å²) in [5, 5.41) is 0. The van der Waals surface area contributed by atoms with Gasteiger partial charge in [0.2, 0.25) is 5.95 Å². The second-order valence-electron chi connectivity index (χ2n) is 5.08. The second-order valence-corrected chi connectivity index (χ2v) is 7.38. The zero-order chi connectivity index (χ0) is 14.3. The molecule has 1 saturated heterocycles. The van der Waals surface area contributed by atoms with Crippen LogP contribution in [-0.4, -0.2) is 36.6 Å². The maximum Gasteiger partial charge on any atom is 0.201 e. The molecule has 2 N–H and O–H groups in total. The van der Waals surface area contributed by atoms with Gasteiger partial charge in [0.25, 0.3) is 0 Å². The van der Waals surface area contributed by atoms with Crippen molar-refractivity contribution >= 4 is 26.8 Å². The zero-order valence-electron chi connectivity index (χ0n) is 11.2. The molecule has 3 rings (SSSR count). The maximum atomic E-state index is 11.5. The topological polar surface area (TPSA) is 87.2 Å². The molecular formula is C13H17N3O3S. The standard InChI is InChI=1S/C13H17N3O3S/c1-19-10-2-3-11-12(8-10)16(13(14)15-11)9-4-6-20(17,18)7-5-9/h2-3,8-9H,4-7H2,1H3,(H2,14,15). The number of benzene rings is 1. The first-order valence-electron chi connectivity index (χ1n) is 6.52. The number of anilines is 1. The number of hydrogen-bond donors (Lipinski definition) is 1. The Morgan fingerprint density at radius 2 is 2.05 bits per heavy atom. The van der Waals surface area contributed by atoms with Crippen molar-refractivity contribution in [3.8, 4) is 5.75 Å². The molecule has 1 aliphatic rings. The Bertz CT molecular complexity index is 738. The number of nitrogen functional groups attached to an aromatic ring is 1. The first-order valence-corrected chi connectivity index (χ1v) is 8.34. The summed E-state index contributed by atoms with van der Waals surface area (Å²) in [6, 6.07) is 5.67. The fraction of sp³-hybridized carbons (Fsp3) is 0.462. The highest BCUT2D eigenvalue weighted by molar-refractivity contribution is 7.91. The van der Waals surface area contributed by atoms with E-state index >= 15 is 0 Å². The van der Waals surface area contributed by atoms with Crippen LogP contribution in [0.15, 0.2) is 18.2 Å². The Labute approximate surface area is 117 Å². The summed E-state index contributed by atoms with van der Waals surface area (Å²) in [7, 11) is -1.28. The van der Waals surface area contributed by atoms with Crippen molar-refractivity contribution in [1.29, 1.82) is 0 Å². The lowest BCUT2D eigenvalue weighted by atomic mass is 10.1. The van der Waals surface area contributed by atoms with Crippen LogP contribution in [0.1, 0.15) is 18.9 Å². The first-order chi connectivity index (χ1) is 9.50. The molecule has 0 unspecified atom stereocenters. The molecule has 2 aromatic rings. The van der Waals surface area contributed by atoms with E-state index in [4.69, 9.17) is 10.5 Å². The Morgan fingerprint density at radius 1 is 1.35 bits per heavy atom. The van der Waals surface area contributed by atoms with Crippen LogP contribution in [-0.2, 0) is 9.84 Å². The molecule has 108 valence electrons. The second kappa shape index (κ2) is 4.66. The predicted molar refractivity (Wildman–Crippen MR) is 77.6 cm³/mol. The van der Waals surface area contributed by atoms with Crippen molar-refractivity contribution in [3.05, 3.63) is 18.2 Å². The van der Waals surface area contributed by atoms with E-state index < -0.39 is 9.84 Å². The predicted octanol–water partition coefficient (Wildman–Crippen LogP) is 1.38. The minimum absolute atomic E-state index is 0.0793. The van der Waals surface area contributed by atoms with Gasteiger partial charge in [0, 0.05) is 12.1 Å². The molecule has 0 spiro atoms. The minimum Gasteiger partial charge on any atom is -0.497 e. The molecule has 0 amide bonds. The average Bonchev–Trinajstić information content (AvgIpc) is 2.74. The van der Waals surface area contributed by atoms with Gasteiger partial charge in [-0.25, -0.2) is 13.4 Å². The maximum absolute atomic E-state index is 11.5. The number of nitrogens with zero attached hydrogens (tertiary/aromatic N) is 2. The van der Waals surface area contributed by atoms with E-state index in [0.717, 1.165) is 16.8 Å². The zero-order valence-corrected chi connectivity index (χ0v) is 12.1. The lowest BCUT2D eigenvalue weighted by molar-refractivity contribution is 0.414. The van der Waals surface area contributed by atoms with Gasteiger partial charge in [-0.15, -0.1) is 0 Å². The molecule has 7 heteroatoms. The van der Waals surface area contributed by atoms with Gasteiger partial charge in [0.1, 0.15) is 15.6 Å². The van der Waals surface area contributed by atoms with Crippen molar-refractivity contribution < 1.29 is 13.2 Å². The number of sulfone groups is 1. The highest BCUT2D eigenvalue weighted by Crippen LogP contribution is 2.32. The van der Waals surface area contributed by atoms with Gasteiger partial charge >= 0.3 is 0 Å². The smallest absolute Gasteiger partial charge is 0.201 e. The van der Waals surface area contributed by atoms with Gasteiger partial charge in [-0.3, -0.25) is 0 Å². The molecule has 1 aromatic carbocycles. The Balaban J connectivity index is 2.04. The average molecular weight is 295 g/mol. The van der Waals surface area contributed by atoms with Crippen LogP contribution in [0.5, 0.6) is 5.75 Å². The largest absolute Gasteiger partial charge is 0.497 e. The van der Waals surface area contributed by atoms with Crippen molar-refractivity contribution in [3.63, 3.8) is 0 Å². The van der Waals surface area contributed by atoms with E-state index in [1.165, 1.54) is 0 Å². The highest BCUT2D eigenvalue weighted by Gasteiger charge is 2.27. The molecule has 1 fully saturated rings. The molecule has 1 aliphatic heterocycles. The van der Waals surface area contributed by atoms with E-state index in [2.05, 4.69) is 4.98 Å². The van der Waals surface area contributed by atoms with Gasteiger partial charge in [0.05, 0.1) is 29.6 Å². The fourth-order valence-electron chi connectivity index (χ4n) is 2.74. The van der Waals surface area contributed by atoms with Crippen LogP contribution in [0, 0.1) is 0 Å².